The molecule has 0 bridgehead atoms. The monoisotopic (exact) mass is 277 g/mol. The first-order chi connectivity index (χ1) is 9.13. The quantitative estimate of drug-likeness (QED) is 0.753. The molecule has 0 aliphatic carbocycles. The van der Waals surface area contributed by atoms with Crippen molar-refractivity contribution in [1.29, 1.82) is 0 Å². The number of pyridine rings is 1. The maximum atomic E-state index is 13.6. The van der Waals surface area contributed by atoms with Crippen LogP contribution >= 0.6 is 11.8 Å². The summed E-state index contributed by atoms with van der Waals surface area (Å²) in [6, 6.07) is 10.3. The molecule has 0 aliphatic heterocycles. The molecule has 0 radical (unpaired) electrons. The third-order valence-corrected chi connectivity index (χ3v) is 3.56. The summed E-state index contributed by atoms with van der Waals surface area (Å²) in [5, 5.41) is 1.78. The highest BCUT2D eigenvalue weighted by molar-refractivity contribution is 7.99. The molecule has 3 N–H and O–H groups in total. The smallest absolute Gasteiger partial charge is 0.168 e. The van der Waals surface area contributed by atoms with Crippen LogP contribution in [-0.2, 0) is 0 Å². The van der Waals surface area contributed by atoms with Crippen LogP contribution in [0.15, 0.2) is 46.5 Å². The SMILES string of the molecule is Nc1nc(Sc2cc3ccccc3[nH]2)c(F)cc1F. The van der Waals surface area contributed by atoms with E-state index in [0.29, 0.717) is 0 Å². The second-order valence-corrected chi connectivity index (χ2v) is 5.00. The van der Waals surface area contributed by atoms with Crippen LogP contribution in [0.4, 0.5) is 14.6 Å². The third kappa shape index (κ3) is 2.26. The van der Waals surface area contributed by atoms with Gasteiger partial charge in [0.2, 0.25) is 0 Å². The third-order valence-electron chi connectivity index (χ3n) is 2.64. The van der Waals surface area contributed by atoms with Crippen LogP contribution in [-0.4, -0.2) is 9.97 Å². The molecule has 1 aromatic carbocycles. The average Bonchev–Trinajstić information content (AvgIpc) is 2.78. The van der Waals surface area contributed by atoms with Crippen molar-refractivity contribution in [3.05, 3.63) is 48.0 Å². The molecule has 0 fully saturated rings. The van der Waals surface area contributed by atoms with Gasteiger partial charge in [0, 0.05) is 17.0 Å². The molecule has 3 rings (SSSR count). The molecule has 6 heteroatoms. The van der Waals surface area contributed by atoms with Crippen molar-refractivity contribution in [3.63, 3.8) is 0 Å². The number of anilines is 1. The summed E-state index contributed by atoms with van der Waals surface area (Å²) >= 11 is 1.07. The molecule has 0 spiro atoms. The van der Waals surface area contributed by atoms with Crippen molar-refractivity contribution in [2.45, 2.75) is 10.1 Å². The number of hydrogen-bond donors (Lipinski definition) is 2. The highest BCUT2D eigenvalue weighted by Gasteiger charge is 2.12. The number of nitrogens with one attached hydrogen (secondary N) is 1. The number of aromatic nitrogens is 2. The summed E-state index contributed by atoms with van der Waals surface area (Å²) in [5.74, 6) is -1.88. The maximum Gasteiger partial charge on any atom is 0.168 e. The first-order valence-electron chi connectivity index (χ1n) is 5.50. The molecule has 0 aliphatic rings. The lowest BCUT2D eigenvalue weighted by molar-refractivity contribution is 0.552. The van der Waals surface area contributed by atoms with E-state index >= 15 is 0 Å². The van der Waals surface area contributed by atoms with Crippen molar-refractivity contribution < 1.29 is 8.78 Å². The average molecular weight is 277 g/mol. The van der Waals surface area contributed by atoms with E-state index in [1.54, 1.807) is 0 Å². The number of hydrogen-bond acceptors (Lipinski definition) is 3. The Morgan fingerprint density at radius 2 is 1.89 bits per heavy atom. The Balaban J connectivity index is 1.98. The molecule has 0 saturated carbocycles. The fourth-order valence-electron chi connectivity index (χ4n) is 1.74. The van der Waals surface area contributed by atoms with Crippen LogP contribution in [0, 0.1) is 11.6 Å². The minimum absolute atomic E-state index is 0.0467. The number of benzene rings is 1. The molecule has 3 nitrogen and oxygen atoms in total. The van der Waals surface area contributed by atoms with Crippen LogP contribution in [0.3, 0.4) is 0 Å². The molecule has 2 aromatic heterocycles. The highest BCUT2D eigenvalue weighted by atomic mass is 32.2. The fraction of sp³-hybridized carbons (Fsp3) is 0. The Hall–Kier alpha value is -2.08. The van der Waals surface area contributed by atoms with Crippen molar-refractivity contribution in [2.24, 2.45) is 0 Å². The van der Waals surface area contributed by atoms with E-state index in [0.717, 1.165) is 33.8 Å². The van der Waals surface area contributed by atoms with Crippen LogP contribution in [0.1, 0.15) is 0 Å². The first-order valence-corrected chi connectivity index (χ1v) is 6.32. The molecule has 19 heavy (non-hydrogen) atoms. The van der Waals surface area contributed by atoms with Crippen molar-refractivity contribution in [2.75, 3.05) is 5.73 Å². The molecular weight excluding hydrogens is 268 g/mol. The van der Waals surface area contributed by atoms with Crippen molar-refractivity contribution in [3.8, 4) is 0 Å². The van der Waals surface area contributed by atoms with Gasteiger partial charge in [-0.1, -0.05) is 18.2 Å². The predicted octanol–water partition coefficient (Wildman–Crippen LogP) is 3.57. The minimum atomic E-state index is -0.849. The Morgan fingerprint density at radius 3 is 2.68 bits per heavy atom. The predicted molar refractivity (Wildman–Crippen MR) is 71.0 cm³/mol. The zero-order chi connectivity index (χ0) is 13.4. The second-order valence-electron chi connectivity index (χ2n) is 3.97. The number of halogens is 2. The van der Waals surface area contributed by atoms with Gasteiger partial charge in [0.05, 0.1) is 5.03 Å². The number of rotatable bonds is 2. The number of H-pyrrole nitrogens is 1. The number of nitrogens with zero attached hydrogens (tertiary/aromatic N) is 1. The van der Waals surface area contributed by atoms with E-state index in [1.165, 1.54) is 0 Å². The molecule has 3 aromatic rings. The van der Waals surface area contributed by atoms with Gasteiger partial charge in [-0.2, -0.15) is 0 Å². The zero-order valence-electron chi connectivity index (χ0n) is 9.65. The zero-order valence-corrected chi connectivity index (χ0v) is 10.5. The summed E-state index contributed by atoms with van der Waals surface area (Å²) in [4.78, 5) is 6.84. The van der Waals surface area contributed by atoms with E-state index in [4.69, 9.17) is 5.73 Å². The standard InChI is InChI=1S/C13H9F2N3S/c14-8-6-9(15)13(18-12(8)16)19-11-5-7-3-1-2-4-10(7)17-11/h1-6,17H,(H2,16,18). The summed E-state index contributed by atoms with van der Waals surface area (Å²) < 4.78 is 26.6. The minimum Gasteiger partial charge on any atom is -0.381 e. The number of nitrogen functional groups attached to an aromatic ring is 1. The van der Waals surface area contributed by atoms with Gasteiger partial charge in [0.1, 0.15) is 5.03 Å². The Kier molecular flexibility index (Phi) is 2.87. The number of fused-ring (bicyclic) bond motifs is 1. The molecular formula is C13H9F2N3S. The Morgan fingerprint density at radius 1 is 1.11 bits per heavy atom. The van der Waals surface area contributed by atoms with Crippen LogP contribution < -0.4 is 5.73 Å². The normalized spacial score (nSPS) is 11.1. The topological polar surface area (TPSA) is 54.7 Å². The first kappa shape index (κ1) is 12.0. The molecule has 2 heterocycles. The van der Waals surface area contributed by atoms with Crippen LogP contribution in [0.5, 0.6) is 0 Å². The summed E-state index contributed by atoms with van der Waals surface area (Å²) in [6.45, 7) is 0. The van der Waals surface area contributed by atoms with Gasteiger partial charge < -0.3 is 10.7 Å². The van der Waals surface area contributed by atoms with Gasteiger partial charge in [-0.15, -0.1) is 0 Å². The second kappa shape index (κ2) is 4.55. The number of aromatic amines is 1. The largest absolute Gasteiger partial charge is 0.381 e. The van der Waals surface area contributed by atoms with Crippen molar-refractivity contribution >= 4 is 28.5 Å². The van der Waals surface area contributed by atoms with Crippen LogP contribution in [0.2, 0.25) is 0 Å². The molecule has 0 saturated heterocycles. The van der Waals surface area contributed by atoms with Gasteiger partial charge in [-0.25, -0.2) is 13.8 Å². The maximum absolute atomic E-state index is 13.6. The van der Waals surface area contributed by atoms with E-state index in [-0.39, 0.29) is 10.8 Å². The Bertz CT molecular complexity index is 722. The fourth-order valence-corrected chi connectivity index (χ4v) is 2.60. The Labute approximate surface area is 111 Å². The van der Waals surface area contributed by atoms with Crippen LogP contribution in [0.25, 0.3) is 10.9 Å². The van der Waals surface area contributed by atoms with E-state index < -0.39 is 11.6 Å². The molecule has 0 atom stereocenters. The summed E-state index contributed by atoms with van der Waals surface area (Å²) in [6.07, 6.45) is 0. The molecule has 0 amide bonds. The van der Waals surface area contributed by atoms with E-state index in [9.17, 15) is 8.78 Å². The molecule has 96 valence electrons. The summed E-state index contributed by atoms with van der Waals surface area (Å²) in [7, 11) is 0. The number of nitrogens with two attached hydrogens (primary N) is 1. The number of para-hydroxylation sites is 1. The highest BCUT2D eigenvalue weighted by Crippen LogP contribution is 2.31. The molecule has 0 unspecified atom stereocenters. The van der Waals surface area contributed by atoms with Gasteiger partial charge in [0.25, 0.3) is 0 Å². The summed E-state index contributed by atoms with van der Waals surface area (Å²) in [5.41, 5.74) is 6.29. The van der Waals surface area contributed by atoms with Gasteiger partial charge >= 0.3 is 0 Å². The lowest BCUT2D eigenvalue weighted by Crippen LogP contribution is -1.98. The van der Waals surface area contributed by atoms with E-state index in [2.05, 4.69) is 9.97 Å². The van der Waals surface area contributed by atoms with Gasteiger partial charge in [0.15, 0.2) is 17.5 Å². The van der Waals surface area contributed by atoms with Crippen molar-refractivity contribution in [1.82, 2.24) is 9.97 Å². The van der Waals surface area contributed by atoms with Gasteiger partial charge in [-0.3, -0.25) is 0 Å². The lowest BCUT2D eigenvalue weighted by Gasteiger charge is -2.02. The lowest BCUT2D eigenvalue weighted by atomic mass is 10.3. The van der Waals surface area contributed by atoms with E-state index in [1.807, 2.05) is 30.3 Å². The van der Waals surface area contributed by atoms with Gasteiger partial charge in [-0.05, 0) is 23.9 Å².